The van der Waals surface area contributed by atoms with Crippen LogP contribution in [-0.2, 0) is 0 Å². The van der Waals surface area contributed by atoms with Crippen molar-refractivity contribution >= 4 is 11.8 Å². The van der Waals surface area contributed by atoms with Gasteiger partial charge in [-0.15, -0.1) is 0 Å². The highest BCUT2D eigenvalue weighted by Crippen LogP contribution is 2.13. The number of rotatable bonds is 4. The zero-order valence-corrected chi connectivity index (χ0v) is 9.95. The molecular weight excluding hydrogens is 206 g/mol. The molecule has 0 aliphatic heterocycles. The maximum atomic E-state index is 2.10. The van der Waals surface area contributed by atoms with Crippen LogP contribution in [0.25, 0.3) is 6.08 Å². The van der Waals surface area contributed by atoms with Crippen molar-refractivity contribution in [2.75, 3.05) is 11.9 Å². The van der Waals surface area contributed by atoms with Gasteiger partial charge in [-0.3, -0.25) is 0 Å². The van der Waals surface area contributed by atoms with Crippen molar-refractivity contribution in [3.63, 3.8) is 0 Å². The van der Waals surface area contributed by atoms with Crippen LogP contribution < -0.4 is 4.90 Å². The summed E-state index contributed by atoms with van der Waals surface area (Å²) in [4.78, 5) is 2.10. The third-order valence-electron chi connectivity index (χ3n) is 2.56. The van der Waals surface area contributed by atoms with Crippen molar-refractivity contribution in [1.29, 1.82) is 0 Å². The number of hydrogen-bond donors (Lipinski definition) is 0. The first-order valence-electron chi connectivity index (χ1n) is 5.71. The second-order valence-corrected chi connectivity index (χ2v) is 3.87. The van der Waals surface area contributed by atoms with E-state index in [4.69, 9.17) is 0 Å². The Kier molecular flexibility index (Phi) is 3.98. The minimum Gasteiger partial charge on any atom is -0.366 e. The molecule has 0 saturated carbocycles. The Morgan fingerprint density at radius 3 is 2.06 bits per heavy atom. The zero-order valence-electron chi connectivity index (χ0n) is 9.95. The zero-order chi connectivity index (χ0) is 11.9. The molecule has 0 aliphatic rings. The molecule has 0 bridgehead atoms. The van der Waals surface area contributed by atoms with Crippen molar-refractivity contribution in [3.05, 3.63) is 78.8 Å². The van der Waals surface area contributed by atoms with Gasteiger partial charge in [0.05, 0.1) is 6.54 Å². The Morgan fingerprint density at radius 1 is 0.824 bits per heavy atom. The van der Waals surface area contributed by atoms with Crippen LogP contribution >= 0.6 is 0 Å². The van der Waals surface area contributed by atoms with Crippen molar-refractivity contribution in [2.24, 2.45) is 0 Å². The number of hydrogen-bond acceptors (Lipinski definition) is 1. The predicted molar refractivity (Wildman–Crippen MR) is 74.6 cm³/mol. The standard InChI is InChI=1S/C16H16N/c1-17(16-12-6-3-7-13-16)14-8-11-15-9-4-2-5-10-15/h2-14H,1H3/b11-8+. The van der Waals surface area contributed by atoms with Crippen molar-refractivity contribution in [2.45, 2.75) is 0 Å². The third-order valence-corrected chi connectivity index (χ3v) is 2.56. The summed E-state index contributed by atoms with van der Waals surface area (Å²) in [5.74, 6) is 0. The number of nitrogens with zero attached hydrogens (tertiary/aromatic N) is 1. The molecule has 1 nitrogen and oxygen atoms in total. The van der Waals surface area contributed by atoms with Crippen LogP contribution in [0.15, 0.2) is 66.7 Å². The summed E-state index contributed by atoms with van der Waals surface area (Å²) in [5, 5.41) is 0. The molecule has 1 radical (unpaired) electrons. The van der Waals surface area contributed by atoms with Gasteiger partial charge in [0, 0.05) is 12.7 Å². The molecule has 0 saturated heterocycles. The Hall–Kier alpha value is -2.02. The summed E-state index contributed by atoms with van der Waals surface area (Å²) in [5.41, 5.74) is 2.40. The molecule has 0 atom stereocenters. The van der Waals surface area contributed by atoms with E-state index < -0.39 is 0 Å². The van der Waals surface area contributed by atoms with Crippen molar-refractivity contribution in [1.82, 2.24) is 0 Å². The summed E-state index contributed by atoms with van der Waals surface area (Å²) in [6, 6.07) is 20.6. The highest BCUT2D eigenvalue weighted by Gasteiger charge is 1.96. The van der Waals surface area contributed by atoms with Crippen LogP contribution in [0.2, 0.25) is 0 Å². The first kappa shape index (κ1) is 11.5. The van der Waals surface area contributed by atoms with E-state index in [9.17, 15) is 0 Å². The van der Waals surface area contributed by atoms with E-state index >= 15 is 0 Å². The number of para-hydroxylation sites is 1. The van der Waals surface area contributed by atoms with Crippen LogP contribution in [0.1, 0.15) is 5.56 Å². The van der Waals surface area contributed by atoms with Gasteiger partial charge in [0.1, 0.15) is 0 Å². The molecular formula is C16H16N. The van der Waals surface area contributed by atoms with Gasteiger partial charge in [0.2, 0.25) is 0 Å². The van der Waals surface area contributed by atoms with Gasteiger partial charge in [-0.1, -0.05) is 60.7 Å². The number of likely N-dealkylation sites (N-methyl/N-ethyl adjacent to an activating group) is 1. The third kappa shape index (κ3) is 3.49. The maximum absolute atomic E-state index is 2.10. The van der Waals surface area contributed by atoms with Gasteiger partial charge < -0.3 is 4.90 Å². The van der Waals surface area contributed by atoms with E-state index in [1.165, 1.54) is 11.3 Å². The minimum absolute atomic E-state index is 1.19. The molecule has 2 rings (SSSR count). The molecule has 0 spiro atoms. The fourth-order valence-corrected chi connectivity index (χ4v) is 1.60. The lowest BCUT2D eigenvalue weighted by Gasteiger charge is -2.15. The van der Waals surface area contributed by atoms with E-state index in [1.807, 2.05) is 43.4 Å². The number of anilines is 1. The van der Waals surface area contributed by atoms with Gasteiger partial charge >= 0.3 is 0 Å². The van der Waals surface area contributed by atoms with Crippen molar-refractivity contribution in [3.8, 4) is 0 Å². The summed E-state index contributed by atoms with van der Waals surface area (Å²) in [6.45, 7) is 2.06. The molecule has 2 aromatic carbocycles. The quantitative estimate of drug-likeness (QED) is 0.755. The molecule has 1 heteroatoms. The maximum Gasteiger partial charge on any atom is 0.0712 e. The summed E-state index contributed by atoms with van der Waals surface area (Å²) >= 11 is 0. The SMILES string of the molecule is CN([CH]/C=C/c1ccccc1)c1ccccc1. The van der Waals surface area contributed by atoms with Gasteiger partial charge in [-0.2, -0.15) is 0 Å². The Morgan fingerprint density at radius 2 is 1.41 bits per heavy atom. The van der Waals surface area contributed by atoms with Gasteiger partial charge in [-0.25, -0.2) is 0 Å². The molecule has 85 valence electrons. The van der Waals surface area contributed by atoms with Gasteiger partial charge in [0.15, 0.2) is 0 Å². The molecule has 0 amide bonds. The molecule has 0 aliphatic carbocycles. The Balaban J connectivity index is 1.93. The second-order valence-electron chi connectivity index (χ2n) is 3.87. The van der Waals surface area contributed by atoms with Gasteiger partial charge in [0.25, 0.3) is 0 Å². The fraction of sp³-hybridized carbons (Fsp3) is 0.0625. The fourth-order valence-electron chi connectivity index (χ4n) is 1.60. The van der Waals surface area contributed by atoms with E-state index in [2.05, 4.69) is 47.9 Å². The minimum atomic E-state index is 1.19. The average Bonchev–Trinajstić information content (AvgIpc) is 2.41. The van der Waals surface area contributed by atoms with E-state index in [0.717, 1.165) is 0 Å². The smallest absolute Gasteiger partial charge is 0.0712 e. The van der Waals surface area contributed by atoms with Crippen LogP contribution in [0.5, 0.6) is 0 Å². The molecule has 2 aromatic rings. The van der Waals surface area contributed by atoms with Crippen LogP contribution in [-0.4, -0.2) is 7.05 Å². The first-order valence-corrected chi connectivity index (χ1v) is 5.71. The number of benzene rings is 2. The lowest BCUT2D eigenvalue weighted by atomic mass is 10.2. The topological polar surface area (TPSA) is 3.24 Å². The van der Waals surface area contributed by atoms with E-state index in [0.29, 0.717) is 0 Å². The monoisotopic (exact) mass is 222 g/mol. The van der Waals surface area contributed by atoms with Crippen molar-refractivity contribution < 1.29 is 0 Å². The Labute approximate surface area is 103 Å². The summed E-state index contributed by atoms with van der Waals surface area (Å²) in [7, 11) is 2.05. The van der Waals surface area contributed by atoms with Crippen LogP contribution in [0.3, 0.4) is 0 Å². The van der Waals surface area contributed by atoms with E-state index in [-0.39, 0.29) is 0 Å². The molecule has 17 heavy (non-hydrogen) atoms. The lowest BCUT2D eigenvalue weighted by molar-refractivity contribution is 1.14. The molecule has 0 N–H and O–H groups in total. The second kappa shape index (κ2) is 5.90. The lowest BCUT2D eigenvalue weighted by Crippen LogP contribution is -2.11. The first-order chi connectivity index (χ1) is 8.36. The van der Waals surface area contributed by atoms with Crippen LogP contribution in [0, 0.1) is 6.54 Å². The Bertz CT molecular complexity index is 459. The summed E-state index contributed by atoms with van der Waals surface area (Å²) < 4.78 is 0. The van der Waals surface area contributed by atoms with Gasteiger partial charge in [-0.05, 0) is 17.7 Å². The highest BCUT2D eigenvalue weighted by atomic mass is 15.1. The molecule has 0 aromatic heterocycles. The summed E-state index contributed by atoms with van der Waals surface area (Å²) in [6.07, 6.45) is 4.15. The largest absolute Gasteiger partial charge is 0.366 e. The van der Waals surface area contributed by atoms with Crippen LogP contribution in [0.4, 0.5) is 5.69 Å². The molecule has 0 fully saturated rings. The predicted octanol–water partition coefficient (Wildman–Crippen LogP) is 4.00. The normalized spacial score (nSPS) is 10.6. The van der Waals surface area contributed by atoms with E-state index in [1.54, 1.807) is 0 Å². The molecule has 0 unspecified atom stereocenters. The molecule has 0 heterocycles. The average molecular weight is 222 g/mol. The highest BCUT2D eigenvalue weighted by molar-refractivity contribution is 5.54.